The number of rotatable bonds is 5. The predicted molar refractivity (Wildman–Crippen MR) is 98.7 cm³/mol. The molecule has 0 bridgehead atoms. The lowest BCUT2D eigenvalue weighted by molar-refractivity contribution is 0.415. The first-order valence-electron chi connectivity index (χ1n) is 7.78. The molecule has 3 rings (SSSR count). The molecule has 0 amide bonds. The molecule has 122 valence electrons. The Morgan fingerprint density at radius 3 is 2.96 bits per heavy atom. The van der Waals surface area contributed by atoms with Crippen LogP contribution in [0.3, 0.4) is 0 Å². The van der Waals surface area contributed by atoms with Crippen molar-refractivity contribution in [1.82, 2.24) is 9.55 Å². The van der Waals surface area contributed by atoms with Crippen LogP contribution in [0.1, 0.15) is 19.2 Å². The van der Waals surface area contributed by atoms with Gasteiger partial charge in [-0.25, -0.2) is 4.98 Å². The van der Waals surface area contributed by atoms with E-state index < -0.39 is 0 Å². The fourth-order valence-electron chi connectivity index (χ4n) is 2.74. The first kappa shape index (κ1) is 16.3. The molecule has 0 aliphatic rings. The van der Waals surface area contributed by atoms with E-state index in [1.54, 1.807) is 11.7 Å². The molecule has 0 N–H and O–H groups in total. The van der Waals surface area contributed by atoms with Gasteiger partial charge >= 0.3 is 0 Å². The number of nitrogens with zero attached hydrogens (tertiary/aromatic N) is 2. The second-order valence-corrected chi connectivity index (χ2v) is 6.29. The molecule has 0 atom stereocenters. The van der Waals surface area contributed by atoms with Gasteiger partial charge in [0.2, 0.25) is 0 Å². The smallest absolute Gasteiger partial charge is 0.263 e. The van der Waals surface area contributed by atoms with Gasteiger partial charge in [-0.05, 0) is 24.1 Å². The molecule has 0 spiro atoms. The highest BCUT2D eigenvalue weighted by Crippen LogP contribution is 2.32. The summed E-state index contributed by atoms with van der Waals surface area (Å²) in [5.74, 6) is 4.08. The van der Waals surface area contributed by atoms with Crippen molar-refractivity contribution >= 4 is 21.6 Å². The molecule has 24 heavy (non-hydrogen) atoms. The molecular weight excluding hydrogens is 320 g/mol. The Labute approximate surface area is 144 Å². The second kappa shape index (κ2) is 6.90. The molecule has 1 aromatic carbocycles. The maximum absolute atomic E-state index is 13.0. The first-order valence-corrected chi connectivity index (χ1v) is 8.66. The Bertz CT molecular complexity index is 979. The maximum atomic E-state index is 13.0. The molecule has 0 radical (unpaired) electrons. The van der Waals surface area contributed by atoms with E-state index in [2.05, 4.69) is 17.8 Å². The van der Waals surface area contributed by atoms with E-state index in [4.69, 9.17) is 11.2 Å². The van der Waals surface area contributed by atoms with Gasteiger partial charge in [-0.3, -0.25) is 9.36 Å². The van der Waals surface area contributed by atoms with Crippen molar-refractivity contribution in [2.75, 3.05) is 7.11 Å². The lowest BCUT2D eigenvalue weighted by atomic mass is 10.1. The third-order valence-electron chi connectivity index (χ3n) is 3.88. The summed E-state index contributed by atoms with van der Waals surface area (Å²) < 4.78 is 6.90. The van der Waals surface area contributed by atoms with Gasteiger partial charge in [0.15, 0.2) is 0 Å². The lowest BCUT2D eigenvalue weighted by Gasteiger charge is -2.10. The topological polar surface area (TPSA) is 44.1 Å². The quantitative estimate of drug-likeness (QED) is 0.666. The predicted octanol–water partition coefficient (Wildman–Crippen LogP) is 3.72. The zero-order valence-corrected chi connectivity index (χ0v) is 14.5. The number of terminal acetylenes is 1. The number of aromatic nitrogens is 2. The minimum absolute atomic E-state index is 0.0690. The van der Waals surface area contributed by atoms with E-state index in [9.17, 15) is 4.79 Å². The summed E-state index contributed by atoms with van der Waals surface area (Å²) in [5.41, 5.74) is 1.75. The van der Waals surface area contributed by atoms with Crippen LogP contribution in [0.4, 0.5) is 0 Å². The standard InChI is InChI=1S/C19H18N2O2S/c1-4-7-16-20-18-17(19(22)21(16)10-5-2)15(12-24-18)13-8-6-9-14(11-13)23-3/h2,6,8-9,11-12H,4,7,10H2,1,3H3. The van der Waals surface area contributed by atoms with E-state index in [-0.39, 0.29) is 12.1 Å². The highest BCUT2D eigenvalue weighted by atomic mass is 32.1. The fourth-order valence-corrected chi connectivity index (χ4v) is 3.69. The van der Waals surface area contributed by atoms with E-state index in [1.165, 1.54) is 11.3 Å². The summed E-state index contributed by atoms with van der Waals surface area (Å²) in [6.45, 7) is 2.30. The molecule has 0 saturated carbocycles. The normalized spacial score (nSPS) is 10.7. The van der Waals surface area contributed by atoms with Crippen LogP contribution in [0.15, 0.2) is 34.4 Å². The number of thiophene rings is 1. The molecule has 2 heterocycles. The van der Waals surface area contributed by atoms with E-state index in [0.29, 0.717) is 5.39 Å². The van der Waals surface area contributed by atoms with Crippen LogP contribution < -0.4 is 10.3 Å². The number of benzene rings is 1. The zero-order chi connectivity index (χ0) is 17.1. The Kier molecular flexibility index (Phi) is 4.68. The number of ether oxygens (including phenoxy) is 1. The van der Waals surface area contributed by atoms with Crippen molar-refractivity contribution in [3.8, 4) is 29.2 Å². The van der Waals surface area contributed by atoms with Crippen LogP contribution in [-0.4, -0.2) is 16.7 Å². The summed E-state index contributed by atoms with van der Waals surface area (Å²) in [6.07, 6.45) is 7.10. The van der Waals surface area contributed by atoms with Gasteiger partial charge in [-0.1, -0.05) is 25.0 Å². The third-order valence-corrected chi connectivity index (χ3v) is 4.75. The summed E-state index contributed by atoms with van der Waals surface area (Å²) in [6, 6.07) is 7.68. The highest BCUT2D eigenvalue weighted by Gasteiger charge is 2.16. The van der Waals surface area contributed by atoms with Gasteiger partial charge in [0.25, 0.3) is 5.56 Å². The van der Waals surface area contributed by atoms with Crippen molar-refractivity contribution < 1.29 is 4.74 Å². The van der Waals surface area contributed by atoms with Gasteiger partial charge in [0.05, 0.1) is 19.0 Å². The Morgan fingerprint density at radius 2 is 2.25 bits per heavy atom. The largest absolute Gasteiger partial charge is 0.497 e. The third kappa shape index (κ3) is 2.81. The molecule has 0 unspecified atom stereocenters. The summed E-state index contributed by atoms with van der Waals surface area (Å²) in [5, 5.41) is 2.60. The van der Waals surface area contributed by atoms with Crippen LogP contribution in [-0.2, 0) is 13.0 Å². The molecule has 2 aromatic heterocycles. The molecule has 3 aromatic rings. The fraction of sp³-hybridized carbons (Fsp3) is 0.263. The maximum Gasteiger partial charge on any atom is 0.263 e. The Balaban J connectivity index is 2.26. The molecule has 0 aliphatic carbocycles. The number of hydrogen-bond donors (Lipinski definition) is 0. The molecule has 5 heteroatoms. The van der Waals surface area contributed by atoms with Gasteiger partial charge in [0.1, 0.15) is 16.4 Å². The van der Waals surface area contributed by atoms with Crippen LogP contribution >= 0.6 is 11.3 Å². The molecule has 0 fully saturated rings. The average Bonchev–Trinajstić information content (AvgIpc) is 3.02. The van der Waals surface area contributed by atoms with Gasteiger partial charge in [0, 0.05) is 17.4 Å². The average molecular weight is 338 g/mol. The van der Waals surface area contributed by atoms with Gasteiger partial charge in [-0.2, -0.15) is 0 Å². The van der Waals surface area contributed by atoms with Gasteiger partial charge < -0.3 is 4.74 Å². The minimum atomic E-state index is -0.0690. The number of hydrogen-bond acceptors (Lipinski definition) is 4. The Hall–Kier alpha value is -2.58. The number of fused-ring (bicyclic) bond motifs is 1. The first-order chi connectivity index (χ1) is 11.7. The highest BCUT2D eigenvalue weighted by molar-refractivity contribution is 7.17. The van der Waals surface area contributed by atoms with Crippen molar-refractivity contribution in [3.63, 3.8) is 0 Å². The molecule has 0 aliphatic heterocycles. The number of aryl methyl sites for hydroxylation is 1. The second-order valence-electron chi connectivity index (χ2n) is 5.43. The van der Waals surface area contributed by atoms with Crippen molar-refractivity contribution in [1.29, 1.82) is 0 Å². The minimum Gasteiger partial charge on any atom is -0.497 e. The van der Waals surface area contributed by atoms with E-state index >= 15 is 0 Å². The van der Waals surface area contributed by atoms with Crippen molar-refractivity contribution in [2.45, 2.75) is 26.3 Å². The molecule has 0 saturated heterocycles. The molecule has 4 nitrogen and oxygen atoms in total. The van der Waals surface area contributed by atoms with Crippen LogP contribution in [0, 0.1) is 12.3 Å². The Morgan fingerprint density at radius 1 is 1.42 bits per heavy atom. The summed E-state index contributed by atoms with van der Waals surface area (Å²) in [4.78, 5) is 18.5. The van der Waals surface area contributed by atoms with Crippen LogP contribution in [0.25, 0.3) is 21.3 Å². The van der Waals surface area contributed by atoms with E-state index in [1.807, 2.05) is 29.6 Å². The summed E-state index contributed by atoms with van der Waals surface area (Å²) in [7, 11) is 1.63. The number of methoxy groups -OCH3 is 1. The van der Waals surface area contributed by atoms with Crippen molar-refractivity contribution in [3.05, 3.63) is 45.8 Å². The van der Waals surface area contributed by atoms with Gasteiger partial charge in [-0.15, -0.1) is 17.8 Å². The molecular formula is C19H18N2O2S. The van der Waals surface area contributed by atoms with E-state index in [0.717, 1.165) is 40.4 Å². The zero-order valence-electron chi connectivity index (χ0n) is 13.7. The lowest BCUT2D eigenvalue weighted by Crippen LogP contribution is -2.24. The monoisotopic (exact) mass is 338 g/mol. The van der Waals surface area contributed by atoms with Crippen molar-refractivity contribution in [2.24, 2.45) is 0 Å². The van der Waals surface area contributed by atoms with Crippen LogP contribution in [0.5, 0.6) is 5.75 Å². The van der Waals surface area contributed by atoms with Crippen LogP contribution in [0.2, 0.25) is 0 Å². The SMILES string of the molecule is C#CCn1c(CCC)nc2scc(-c3cccc(OC)c3)c2c1=O. The summed E-state index contributed by atoms with van der Waals surface area (Å²) >= 11 is 1.49.